The summed E-state index contributed by atoms with van der Waals surface area (Å²) in [4.78, 5) is 0.283. The Morgan fingerprint density at radius 1 is 1.32 bits per heavy atom. The maximum absolute atomic E-state index is 12.5. The van der Waals surface area contributed by atoms with Gasteiger partial charge in [0, 0.05) is 18.5 Å². The molecule has 0 aliphatic carbocycles. The van der Waals surface area contributed by atoms with E-state index in [1.54, 1.807) is 24.3 Å². The molecule has 106 valence electrons. The second-order valence-corrected chi connectivity index (χ2v) is 6.95. The summed E-state index contributed by atoms with van der Waals surface area (Å²) in [7, 11) is -3.49. The van der Waals surface area contributed by atoms with E-state index in [-0.39, 0.29) is 17.5 Å². The Kier molecular flexibility index (Phi) is 4.84. The predicted octanol–water partition coefficient (Wildman–Crippen LogP) is 1.61. The molecule has 0 spiro atoms. The number of nitrogens with zero attached hydrogens (tertiary/aromatic N) is 1. The van der Waals surface area contributed by atoms with Crippen molar-refractivity contribution >= 4 is 21.6 Å². The van der Waals surface area contributed by atoms with Gasteiger partial charge >= 0.3 is 0 Å². The Hall–Kier alpha value is -0.620. The summed E-state index contributed by atoms with van der Waals surface area (Å²) in [5.41, 5.74) is 1.02. The Bertz CT molecular complexity index is 515. The first-order chi connectivity index (χ1) is 9.09. The summed E-state index contributed by atoms with van der Waals surface area (Å²) in [5, 5.41) is 9.24. The Morgan fingerprint density at radius 3 is 2.58 bits per heavy atom. The molecular formula is C13H18ClNO3S. The van der Waals surface area contributed by atoms with Gasteiger partial charge in [-0.1, -0.05) is 12.1 Å². The molecule has 4 nitrogen and oxygen atoms in total. The van der Waals surface area contributed by atoms with Crippen LogP contribution in [-0.4, -0.2) is 42.9 Å². The number of halogens is 1. The van der Waals surface area contributed by atoms with E-state index in [1.807, 2.05) is 0 Å². The van der Waals surface area contributed by atoms with Gasteiger partial charge in [-0.3, -0.25) is 0 Å². The van der Waals surface area contributed by atoms with E-state index in [9.17, 15) is 13.5 Å². The van der Waals surface area contributed by atoms with Crippen LogP contribution in [0.15, 0.2) is 29.2 Å². The second kappa shape index (κ2) is 6.22. The highest BCUT2D eigenvalue weighted by Gasteiger charge is 2.34. The molecule has 1 aliphatic rings. The van der Waals surface area contributed by atoms with Gasteiger partial charge in [-0.25, -0.2) is 8.42 Å². The monoisotopic (exact) mass is 303 g/mol. The molecule has 1 aliphatic heterocycles. The minimum absolute atomic E-state index is 0.121. The summed E-state index contributed by atoms with van der Waals surface area (Å²) >= 11 is 5.65. The first-order valence-electron chi connectivity index (χ1n) is 6.37. The zero-order valence-corrected chi connectivity index (χ0v) is 12.2. The number of sulfonamides is 1. The van der Waals surface area contributed by atoms with Crippen molar-refractivity contribution in [2.45, 2.75) is 30.2 Å². The molecule has 0 amide bonds. The fourth-order valence-corrected chi connectivity index (χ4v) is 4.28. The topological polar surface area (TPSA) is 57.6 Å². The SMILES string of the molecule is O=S(=O)(c1ccc(CCCl)cc1)N1CCC[C@@H]1CO. The Morgan fingerprint density at radius 2 is 2.00 bits per heavy atom. The minimum atomic E-state index is -3.49. The second-order valence-electron chi connectivity index (χ2n) is 4.68. The van der Waals surface area contributed by atoms with Crippen molar-refractivity contribution in [1.82, 2.24) is 4.31 Å². The van der Waals surface area contributed by atoms with Gasteiger partial charge in [0.25, 0.3) is 0 Å². The third-order valence-electron chi connectivity index (χ3n) is 3.45. The average Bonchev–Trinajstić information content (AvgIpc) is 2.89. The van der Waals surface area contributed by atoms with E-state index in [0.717, 1.165) is 24.8 Å². The number of benzene rings is 1. The summed E-state index contributed by atoms with van der Waals surface area (Å²) in [6.07, 6.45) is 2.25. The van der Waals surface area contributed by atoms with E-state index >= 15 is 0 Å². The Labute approximate surface area is 119 Å². The largest absolute Gasteiger partial charge is 0.395 e. The number of rotatable bonds is 5. The van der Waals surface area contributed by atoms with Gasteiger partial charge in [-0.05, 0) is 37.0 Å². The molecule has 1 heterocycles. The highest BCUT2D eigenvalue weighted by molar-refractivity contribution is 7.89. The van der Waals surface area contributed by atoms with Gasteiger partial charge < -0.3 is 5.11 Å². The quantitative estimate of drug-likeness (QED) is 0.841. The van der Waals surface area contributed by atoms with E-state index in [1.165, 1.54) is 4.31 Å². The molecule has 1 fully saturated rings. The summed E-state index contributed by atoms with van der Waals surface area (Å²) < 4.78 is 26.3. The maximum Gasteiger partial charge on any atom is 0.243 e. The molecule has 19 heavy (non-hydrogen) atoms. The molecule has 0 bridgehead atoms. The van der Waals surface area contributed by atoms with Gasteiger partial charge in [-0.15, -0.1) is 11.6 Å². The molecule has 0 aromatic heterocycles. The lowest BCUT2D eigenvalue weighted by Crippen LogP contribution is -2.37. The van der Waals surface area contributed by atoms with Crippen molar-refractivity contribution in [3.8, 4) is 0 Å². The minimum Gasteiger partial charge on any atom is -0.395 e. The number of alkyl halides is 1. The summed E-state index contributed by atoms with van der Waals surface area (Å²) in [6, 6.07) is 6.53. The van der Waals surface area contributed by atoms with Crippen LogP contribution in [0.2, 0.25) is 0 Å². The van der Waals surface area contributed by atoms with Crippen molar-refractivity contribution < 1.29 is 13.5 Å². The van der Waals surface area contributed by atoms with Crippen LogP contribution in [0.3, 0.4) is 0 Å². The van der Waals surface area contributed by atoms with Gasteiger partial charge in [0.2, 0.25) is 10.0 Å². The molecule has 6 heteroatoms. The number of hydrogen-bond acceptors (Lipinski definition) is 3. The smallest absolute Gasteiger partial charge is 0.243 e. The zero-order chi connectivity index (χ0) is 13.9. The summed E-state index contributed by atoms with van der Waals surface area (Å²) in [6.45, 7) is 0.362. The molecule has 1 saturated heterocycles. The van der Waals surface area contributed by atoms with Crippen LogP contribution in [0.25, 0.3) is 0 Å². The van der Waals surface area contributed by atoms with Crippen LogP contribution in [0.4, 0.5) is 0 Å². The molecule has 2 rings (SSSR count). The van der Waals surface area contributed by atoms with Gasteiger partial charge in [0.05, 0.1) is 11.5 Å². The Balaban J connectivity index is 2.24. The molecule has 1 aromatic carbocycles. The third kappa shape index (κ3) is 3.11. The fourth-order valence-electron chi connectivity index (χ4n) is 2.38. The fraction of sp³-hybridized carbons (Fsp3) is 0.538. The zero-order valence-electron chi connectivity index (χ0n) is 10.6. The van der Waals surface area contributed by atoms with Crippen molar-refractivity contribution in [2.75, 3.05) is 19.0 Å². The van der Waals surface area contributed by atoms with Gasteiger partial charge in [-0.2, -0.15) is 4.31 Å². The average molecular weight is 304 g/mol. The normalized spacial score (nSPS) is 20.8. The molecule has 1 atom stereocenters. The van der Waals surface area contributed by atoms with E-state index in [0.29, 0.717) is 12.4 Å². The highest BCUT2D eigenvalue weighted by Crippen LogP contribution is 2.25. The van der Waals surface area contributed by atoms with Crippen molar-refractivity contribution in [1.29, 1.82) is 0 Å². The van der Waals surface area contributed by atoms with Crippen molar-refractivity contribution in [3.05, 3.63) is 29.8 Å². The van der Waals surface area contributed by atoms with Gasteiger partial charge in [0.15, 0.2) is 0 Å². The molecule has 1 aromatic rings. The number of aliphatic hydroxyl groups excluding tert-OH is 1. The molecule has 0 radical (unpaired) electrons. The number of hydrogen-bond donors (Lipinski definition) is 1. The van der Waals surface area contributed by atoms with Crippen LogP contribution >= 0.6 is 11.6 Å². The molecule has 0 unspecified atom stereocenters. The van der Waals surface area contributed by atoms with Crippen LogP contribution in [0.5, 0.6) is 0 Å². The highest BCUT2D eigenvalue weighted by atomic mass is 35.5. The molecule has 0 saturated carbocycles. The van der Waals surface area contributed by atoms with Crippen LogP contribution in [0.1, 0.15) is 18.4 Å². The van der Waals surface area contributed by atoms with Crippen LogP contribution in [0, 0.1) is 0 Å². The molecule has 1 N–H and O–H groups in total. The van der Waals surface area contributed by atoms with Gasteiger partial charge in [0.1, 0.15) is 0 Å². The van der Waals surface area contributed by atoms with E-state index in [4.69, 9.17) is 11.6 Å². The third-order valence-corrected chi connectivity index (χ3v) is 5.60. The van der Waals surface area contributed by atoms with E-state index < -0.39 is 10.0 Å². The van der Waals surface area contributed by atoms with Crippen LogP contribution in [-0.2, 0) is 16.4 Å². The lowest BCUT2D eigenvalue weighted by molar-refractivity contribution is 0.213. The van der Waals surface area contributed by atoms with Crippen molar-refractivity contribution in [3.63, 3.8) is 0 Å². The van der Waals surface area contributed by atoms with E-state index in [2.05, 4.69) is 0 Å². The van der Waals surface area contributed by atoms with Crippen LogP contribution < -0.4 is 0 Å². The first-order valence-corrected chi connectivity index (χ1v) is 8.34. The lowest BCUT2D eigenvalue weighted by Gasteiger charge is -2.22. The standard InChI is InChI=1S/C13H18ClNO3S/c14-8-7-11-3-5-13(6-4-11)19(17,18)15-9-1-2-12(15)10-16/h3-6,12,16H,1-2,7-10H2/t12-/m1/s1. The number of aryl methyl sites for hydroxylation is 1. The summed E-state index contributed by atoms with van der Waals surface area (Å²) in [5.74, 6) is 0.519. The maximum atomic E-state index is 12.5. The molecular weight excluding hydrogens is 286 g/mol. The number of aliphatic hydroxyl groups is 1. The van der Waals surface area contributed by atoms with Crippen molar-refractivity contribution in [2.24, 2.45) is 0 Å². The predicted molar refractivity (Wildman–Crippen MR) is 74.9 cm³/mol. The first kappa shape index (κ1) is 14.8. The lowest BCUT2D eigenvalue weighted by atomic mass is 10.2.